The summed E-state index contributed by atoms with van der Waals surface area (Å²) in [7, 11) is 0. The van der Waals surface area contributed by atoms with Gasteiger partial charge in [0.25, 0.3) is 0 Å². The van der Waals surface area contributed by atoms with E-state index >= 15 is 0 Å². The largest absolute Gasteiger partial charge is 0.493 e. The maximum absolute atomic E-state index is 12.5. The number of benzene rings is 1. The highest BCUT2D eigenvalue weighted by Gasteiger charge is 2.36. The predicted octanol–water partition coefficient (Wildman–Crippen LogP) is 2.19. The summed E-state index contributed by atoms with van der Waals surface area (Å²) in [5.74, 6) is 1.17. The first-order valence-electron chi connectivity index (χ1n) is 8.82. The van der Waals surface area contributed by atoms with Gasteiger partial charge in [-0.1, -0.05) is 12.1 Å². The number of pyridine rings is 1. The second kappa shape index (κ2) is 6.84. The fraction of sp³-hybridized carbons (Fsp3) is 0.400. The van der Waals surface area contributed by atoms with Crippen molar-refractivity contribution in [2.75, 3.05) is 6.61 Å². The van der Waals surface area contributed by atoms with Crippen molar-refractivity contribution >= 4 is 5.91 Å². The van der Waals surface area contributed by atoms with E-state index < -0.39 is 0 Å². The fourth-order valence-electron chi connectivity index (χ4n) is 3.67. The van der Waals surface area contributed by atoms with Crippen LogP contribution in [0.4, 0.5) is 0 Å². The molecule has 5 nitrogen and oxygen atoms in total. The van der Waals surface area contributed by atoms with Crippen molar-refractivity contribution in [1.82, 2.24) is 10.3 Å². The summed E-state index contributed by atoms with van der Waals surface area (Å²) in [6, 6.07) is 11.7. The molecule has 0 spiro atoms. The van der Waals surface area contributed by atoms with Gasteiger partial charge < -0.3 is 15.2 Å². The molecule has 1 aromatic carbocycles. The summed E-state index contributed by atoms with van der Waals surface area (Å²) in [5.41, 5.74) is 3.05. The first kappa shape index (κ1) is 16.1. The van der Waals surface area contributed by atoms with Crippen molar-refractivity contribution in [3.05, 3.63) is 59.4 Å². The number of rotatable bonds is 5. The van der Waals surface area contributed by atoms with Crippen LogP contribution in [-0.4, -0.2) is 28.7 Å². The Kier molecular flexibility index (Phi) is 4.40. The fourth-order valence-corrected chi connectivity index (χ4v) is 3.67. The van der Waals surface area contributed by atoms with E-state index in [4.69, 9.17) is 4.74 Å². The number of aliphatic hydroxyl groups excluding tert-OH is 1. The maximum atomic E-state index is 12.5. The first-order chi connectivity index (χ1) is 12.2. The van der Waals surface area contributed by atoms with Gasteiger partial charge in [0.15, 0.2) is 0 Å². The molecule has 130 valence electrons. The molecule has 1 atom stereocenters. The number of aromatic nitrogens is 1. The third kappa shape index (κ3) is 3.51. The Hall–Kier alpha value is -2.40. The Morgan fingerprint density at radius 2 is 2.20 bits per heavy atom. The number of hydrogen-bond donors (Lipinski definition) is 2. The Labute approximate surface area is 147 Å². The van der Waals surface area contributed by atoms with Crippen LogP contribution in [0.3, 0.4) is 0 Å². The lowest BCUT2D eigenvalue weighted by atomic mass is 9.74. The number of hydrogen-bond acceptors (Lipinski definition) is 4. The van der Waals surface area contributed by atoms with Crippen LogP contribution < -0.4 is 10.1 Å². The second-order valence-electron chi connectivity index (χ2n) is 6.89. The molecule has 2 aromatic rings. The van der Waals surface area contributed by atoms with E-state index in [9.17, 15) is 9.90 Å². The standard InChI is InChI=1S/C20H22N2O3/c23-17-10-15(11-17)20(14-4-5-18-13(9-14)6-8-25-18)22-19(24)12-16-3-1-2-7-21-16/h1-5,7,9,15,17,20,23H,6,8,10-12H2,(H,22,24)/t15?,17?,20-/m0/s1. The molecule has 5 heteroatoms. The number of nitrogens with one attached hydrogen (secondary N) is 1. The highest BCUT2D eigenvalue weighted by Crippen LogP contribution is 2.39. The summed E-state index contributed by atoms with van der Waals surface area (Å²) in [6.45, 7) is 0.720. The first-order valence-corrected chi connectivity index (χ1v) is 8.82. The van der Waals surface area contributed by atoms with Gasteiger partial charge in [-0.2, -0.15) is 0 Å². The average Bonchev–Trinajstić information content (AvgIpc) is 3.06. The molecule has 2 N–H and O–H groups in total. The molecule has 1 amide bonds. The Morgan fingerprint density at radius 3 is 2.96 bits per heavy atom. The summed E-state index contributed by atoms with van der Waals surface area (Å²) >= 11 is 0. The van der Waals surface area contributed by atoms with Crippen molar-refractivity contribution in [3.63, 3.8) is 0 Å². The topological polar surface area (TPSA) is 71.5 Å². The Balaban J connectivity index is 1.51. The van der Waals surface area contributed by atoms with Crippen LogP contribution in [-0.2, 0) is 17.6 Å². The van der Waals surface area contributed by atoms with Crippen LogP contribution >= 0.6 is 0 Å². The van der Waals surface area contributed by atoms with Crippen LogP contribution in [0, 0.1) is 5.92 Å². The molecular formula is C20H22N2O3. The van der Waals surface area contributed by atoms with Crippen molar-refractivity contribution < 1.29 is 14.6 Å². The third-order valence-electron chi connectivity index (χ3n) is 5.08. The van der Waals surface area contributed by atoms with E-state index in [0.717, 1.165) is 42.9 Å². The Morgan fingerprint density at radius 1 is 1.32 bits per heavy atom. The second-order valence-corrected chi connectivity index (χ2v) is 6.89. The predicted molar refractivity (Wildman–Crippen MR) is 93.2 cm³/mol. The smallest absolute Gasteiger partial charge is 0.226 e. The zero-order valence-corrected chi connectivity index (χ0v) is 14.0. The van der Waals surface area contributed by atoms with E-state index in [2.05, 4.69) is 16.4 Å². The molecular weight excluding hydrogens is 316 g/mol. The lowest BCUT2D eigenvalue weighted by Crippen LogP contribution is -2.42. The minimum atomic E-state index is -0.252. The molecule has 1 aliphatic heterocycles. The van der Waals surface area contributed by atoms with E-state index in [1.165, 1.54) is 5.56 Å². The number of amides is 1. The summed E-state index contributed by atoms with van der Waals surface area (Å²) in [6.07, 6.45) is 4.07. The number of aliphatic hydroxyl groups is 1. The molecule has 1 saturated carbocycles. The molecule has 4 rings (SSSR count). The monoisotopic (exact) mass is 338 g/mol. The molecule has 1 aromatic heterocycles. The van der Waals surface area contributed by atoms with Gasteiger partial charge in [0.05, 0.1) is 25.2 Å². The van der Waals surface area contributed by atoms with Gasteiger partial charge in [0.2, 0.25) is 5.91 Å². The molecule has 2 aliphatic rings. The molecule has 0 radical (unpaired) electrons. The minimum Gasteiger partial charge on any atom is -0.493 e. The SMILES string of the molecule is O=C(Cc1ccccn1)N[C@@H](c1ccc2c(c1)CCO2)C1CC(O)C1. The van der Waals surface area contributed by atoms with Gasteiger partial charge in [0.1, 0.15) is 5.75 Å². The van der Waals surface area contributed by atoms with Gasteiger partial charge in [-0.15, -0.1) is 0 Å². The minimum absolute atomic E-state index is 0.0400. The number of nitrogens with zero attached hydrogens (tertiary/aromatic N) is 1. The van der Waals surface area contributed by atoms with Crippen LogP contribution in [0.2, 0.25) is 0 Å². The van der Waals surface area contributed by atoms with Gasteiger partial charge in [0, 0.05) is 18.3 Å². The van der Waals surface area contributed by atoms with Crippen LogP contribution in [0.25, 0.3) is 0 Å². The Bertz CT molecular complexity index is 757. The van der Waals surface area contributed by atoms with E-state index in [1.807, 2.05) is 30.3 Å². The number of carbonyl (C=O) groups excluding carboxylic acids is 1. The van der Waals surface area contributed by atoms with Crippen LogP contribution in [0.15, 0.2) is 42.6 Å². The highest BCUT2D eigenvalue weighted by molar-refractivity contribution is 5.78. The highest BCUT2D eigenvalue weighted by atomic mass is 16.5. The van der Waals surface area contributed by atoms with E-state index in [0.29, 0.717) is 0 Å². The zero-order valence-electron chi connectivity index (χ0n) is 14.0. The molecule has 2 heterocycles. The van der Waals surface area contributed by atoms with Crippen LogP contribution in [0.5, 0.6) is 5.75 Å². The molecule has 0 saturated heterocycles. The normalized spacial score (nSPS) is 22.4. The van der Waals surface area contributed by atoms with Crippen molar-refractivity contribution in [2.45, 2.75) is 37.8 Å². The van der Waals surface area contributed by atoms with E-state index in [-0.39, 0.29) is 30.4 Å². The van der Waals surface area contributed by atoms with E-state index in [1.54, 1.807) is 6.20 Å². The quantitative estimate of drug-likeness (QED) is 0.877. The number of fused-ring (bicyclic) bond motifs is 1. The number of ether oxygens (including phenoxy) is 1. The van der Waals surface area contributed by atoms with Crippen molar-refractivity contribution in [1.29, 1.82) is 0 Å². The van der Waals surface area contributed by atoms with Gasteiger partial charge in [-0.25, -0.2) is 0 Å². The third-order valence-corrected chi connectivity index (χ3v) is 5.08. The molecule has 0 bridgehead atoms. The lowest BCUT2D eigenvalue weighted by molar-refractivity contribution is -0.122. The maximum Gasteiger partial charge on any atom is 0.226 e. The van der Waals surface area contributed by atoms with Crippen molar-refractivity contribution in [2.24, 2.45) is 5.92 Å². The average molecular weight is 338 g/mol. The zero-order chi connectivity index (χ0) is 17.2. The van der Waals surface area contributed by atoms with Gasteiger partial charge >= 0.3 is 0 Å². The molecule has 25 heavy (non-hydrogen) atoms. The van der Waals surface area contributed by atoms with Gasteiger partial charge in [-0.3, -0.25) is 9.78 Å². The molecule has 1 fully saturated rings. The molecule has 0 unspecified atom stereocenters. The summed E-state index contributed by atoms with van der Waals surface area (Å²) in [4.78, 5) is 16.7. The van der Waals surface area contributed by atoms with Crippen LogP contribution in [0.1, 0.15) is 35.7 Å². The summed E-state index contributed by atoms with van der Waals surface area (Å²) in [5, 5.41) is 12.9. The molecule has 1 aliphatic carbocycles. The van der Waals surface area contributed by atoms with Gasteiger partial charge in [-0.05, 0) is 54.2 Å². The number of carbonyl (C=O) groups is 1. The summed E-state index contributed by atoms with van der Waals surface area (Å²) < 4.78 is 5.58. The van der Waals surface area contributed by atoms with Crippen molar-refractivity contribution in [3.8, 4) is 5.75 Å². The lowest BCUT2D eigenvalue weighted by Gasteiger charge is -2.38.